The maximum Gasteiger partial charge on any atom is 0.339 e. The first kappa shape index (κ1) is 24.6. The normalized spacial score (nSPS) is 14.5. The lowest BCUT2D eigenvalue weighted by Crippen LogP contribution is -2.41. The first-order chi connectivity index (χ1) is 15.8. The SMILES string of the molecule is COC(=O)c1cnc(NCCNC(=O)Cc2ccc(F)cc2)c(S(=O)(=O)N2CCOCC2)c1. The summed E-state index contributed by atoms with van der Waals surface area (Å²) in [5.41, 5.74) is 0.670. The fourth-order valence-corrected chi connectivity index (χ4v) is 4.72. The van der Waals surface area contributed by atoms with E-state index in [1.807, 2.05) is 0 Å². The molecular weight excluding hydrogens is 455 g/mol. The topological polar surface area (TPSA) is 127 Å². The van der Waals surface area contributed by atoms with Crippen molar-refractivity contribution in [1.29, 1.82) is 0 Å². The number of nitrogens with zero attached hydrogens (tertiary/aromatic N) is 2. The number of rotatable bonds is 9. The van der Waals surface area contributed by atoms with Crippen molar-refractivity contribution in [2.45, 2.75) is 11.3 Å². The molecule has 12 heteroatoms. The standard InChI is InChI=1S/C21H25FN4O6S/c1-31-21(28)16-13-18(33(29,30)26-8-10-32-11-9-26)20(25-14-16)24-7-6-23-19(27)12-15-2-4-17(22)5-3-15/h2-5,13-14H,6-12H2,1H3,(H,23,27)(H,24,25). The van der Waals surface area contributed by atoms with Crippen molar-refractivity contribution in [2.24, 2.45) is 0 Å². The van der Waals surface area contributed by atoms with E-state index in [1.165, 1.54) is 47.9 Å². The third-order valence-electron chi connectivity index (χ3n) is 4.88. The minimum Gasteiger partial charge on any atom is -0.465 e. The number of ether oxygens (including phenoxy) is 2. The summed E-state index contributed by atoms with van der Waals surface area (Å²) in [6, 6.07) is 6.85. The number of hydrogen-bond donors (Lipinski definition) is 2. The van der Waals surface area contributed by atoms with Gasteiger partial charge in [0.25, 0.3) is 0 Å². The molecule has 33 heavy (non-hydrogen) atoms. The Balaban J connectivity index is 1.66. The molecule has 1 amide bonds. The molecule has 1 aromatic carbocycles. The second-order valence-electron chi connectivity index (χ2n) is 7.16. The van der Waals surface area contributed by atoms with Crippen molar-refractivity contribution in [2.75, 3.05) is 51.8 Å². The Morgan fingerprint density at radius 1 is 1.18 bits per heavy atom. The van der Waals surface area contributed by atoms with Crippen LogP contribution in [0.2, 0.25) is 0 Å². The number of nitrogens with one attached hydrogen (secondary N) is 2. The minimum atomic E-state index is -3.95. The zero-order chi connectivity index (χ0) is 23.8. The van der Waals surface area contributed by atoms with E-state index >= 15 is 0 Å². The summed E-state index contributed by atoms with van der Waals surface area (Å²) in [7, 11) is -2.76. The number of hydrogen-bond acceptors (Lipinski definition) is 8. The predicted molar refractivity (Wildman–Crippen MR) is 117 cm³/mol. The predicted octanol–water partition coefficient (Wildman–Crippen LogP) is 0.799. The van der Waals surface area contributed by atoms with Crippen LogP contribution in [-0.2, 0) is 30.7 Å². The number of benzene rings is 1. The van der Waals surface area contributed by atoms with Crippen molar-refractivity contribution < 1.29 is 31.9 Å². The van der Waals surface area contributed by atoms with Crippen molar-refractivity contribution >= 4 is 27.7 Å². The average Bonchev–Trinajstić information content (AvgIpc) is 2.83. The van der Waals surface area contributed by atoms with Crippen LogP contribution in [0, 0.1) is 5.82 Å². The smallest absolute Gasteiger partial charge is 0.339 e. The molecule has 0 spiro atoms. The second-order valence-corrected chi connectivity index (χ2v) is 9.07. The van der Waals surface area contributed by atoms with Gasteiger partial charge in [0.15, 0.2) is 0 Å². The van der Waals surface area contributed by atoms with Gasteiger partial charge in [0.05, 0.1) is 32.3 Å². The van der Waals surface area contributed by atoms with Crippen molar-refractivity contribution in [1.82, 2.24) is 14.6 Å². The molecule has 10 nitrogen and oxygen atoms in total. The highest BCUT2D eigenvalue weighted by atomic mass is 32.2. The van der Waals surface area contributed by atoms with Gasteiger partial charge in [-0.05, 0) is 23.8 Å². The van der Waals surface area contributed by atoms with Crippen LogP contribution in [0.5, 0.6) is 0 Å². The van der Waals surface area contributed by atoms with E-state index in [4.69, 9.17) is 4.74 Å². The van der Waals surface area contributed by atoms with Crippen LogP contribution in [0.4, 0.5) is 10.2 Å². The molecule has 2 heterocycles. The highest BCUT2D eigenvalue weighted by molar-refractivity contribution is 7.89. The Morgan fingerprint density at radius 2 is 1.88 bits per heavy atom. The van der Waals surface area contributed by atoms with Gasteiger partial charge in [-0.3, -0.25) is 4.79 Å². The number of anilines is 1. The van der Waals surface area contributed by atoms with Gasteiger partial charge in [-0.25, -0.2) is 22.6 Å². The lowest BCUT2D eigenvalue weighted by Gasteiger charge is -2.27. The van der Waals surface area contributed by atoms with Gasteiger partial charge >= 0.3 is 5.97 Å². The number of pyridine rings is 1. The monoisotopic (exact) mass is 480 g/mol. The van der Waals surface area contributed by atoms with Crippen LogP contribution in [-0.4, -0.2) is 76.1 Å². The van der Waals surface area contributed by atoms with Gasteiger partial charge in [-0.1, -0.05) is 12.1 Å². The molecule has 1 saturated heterocycles. The number of methoxy groups -OCH3 is 1. The molecule has 1 aliphatic rings. The maximum absolute atomic E-state index is 13.2. The summed E-state index contributed by atoms with van der Waals surface area (Å²) >= 11 is 0. The Labute approximate surface area is 191 Å². The van der Waals surface area contributed by atoms with E-state index in [9.17, 15) is 22.4 Å². The molecule has 0 radical (unpaired) electrons. The molecule has 1 aromatic heterocycles. The molecule has 1 fully saturated rings. The summed E-state index contributed by atoms with van der Waals surface area (Å²) in [5, 5.41) is 5.61. The van der Waals surface area contributed by atoms with E-state index in [-0.39, 0.29) is 73.8 Å². The van der Waals surface area contributed by atoms with E-state index in [2.05, 4.69) is 20.4 Å². The molecule has 0 saturated carbocycles. The number of carbonyl (C=O) groups is 2. The van der Waals surface area contributed by atoms with Gasteiger partial charge in [0.2, 0.25) is 15.9 Å². The molecule has 0 atom stereocenters. The van der Waals surface area contributed by atoms with Crippen LogP contribution >= 0.6 is 0 Å². The fourth-order valence-electron chi connectivity index (χ4n) is 3.16. The molecule has 0 bridgehead atoms. The first-order valence-corrected chi connectivity index (χ1v) is 11.7. The molecule has 0 unspecified atom stereocenters. The largest absolute Gasteiger partial charge is 0.465 e. The number of sulfonamides is 1. The van der Waals surface area contributed by atoms with Crippen LogP contribution in [0.1, 0.15) is 15.9 Å². The summed E-state index contributed by atoms with van der Waals surface area (Å²) < 4.78 is 50.5. The lowest BCUT2D eigenvalue weighted by atomic mass is 10.1. The second kappa shape index (κ2) is 11.2. The zero-order valence-electron chi connectivity index (χ0n) is 18.0. The molecular formula is C21H25FN4O6S. The van der Waals surface area contributed by atoms with Crippen LogP contribution in [0.3, 0.4) is 0 Å². The molecule has 178 valence electrons. The van der Waals surface area contributed by atoms with E-state index in [1.54, 1.807) is 0 Å². The number of esters is 1. The van der Waals surface area contributed by atoms with Gasteiger partial charge in [-0.2, -0.15) is 4.31 Å². The summed E-state index contributed by atoms with van der Waals surface area (Å²) in [4.78, 5) is 27.9. The lowest BCUT2D eigenvalue weighted by molar-refractivity contribution is -0.120. The fraction of sp³-hybridized carbons (Fsp3) is 0.381. The molecule has 3 rings (SSSR count). The number of amides is 1. The van der Waals surface area contributed by atoms with Gasteiger partial charge < -0.3 is 20.1 Å². The molecule has 2 N–H and O–H groups in total. The zero-order valence-corrected chi connectivity index (χ0v) is 18.9. The Bertz CT molecular complexity index is 1090. The van der Waals surface area contributed by atoms with Gasteiger partial charge in [-0.15, -0.1) is 0 Å². The summed E-state index contributed by atoms with van der Waals surface area (Å²) in [6.45, 7) is 1.29. The summed E-state index contributed by atoms with van der Waals surface area (Å²) in [5.74, 6) is -1.29. The van der Waals surface area contributed by atoms with Crippen LogP contribution in [0.15, 0.2) is 41.4 Å². The molecule has 0 aliphatic carbocycles. The number of aromatic nitrogens is 1. The van der Waals surface area contributed by atoms with E-state index in [0.29, 0.717) is 5.56 Å². The Kier molecular flexibility index (Phi) is 8.31. The highest BCUT2D eigenvalue weighted by Crippen LogP contribution is 2.25. The number of halogens is 1. The van der Waals surface area contributed by atoms with E-state index in [0.717, 1.165) is 0 Å². The minimum absolute atomic E-state index is 0.00230. The van der Waals surface area contributed by atoms with Gasteiger partial charge in [0.1, 0.15) is 16.5 Å². The summed E-state index contributed by atoms with van der Waals surface area (Å²) in [6.07, 6.45) is 1.31. The van der Waals surface area contributed by atoms with Crippen LogP contribution in [0.25, 0.3) is 0 Å². The average molecular weight is 481 g/mol. The quantitative estimate of drug-likeness (QED) is 0.399. The highest BCUT2D eigenvalue weighted by Gasteiger charge is 2.30. The Hall–Kier alpha value is -3.09. The third-order valence-corrected chi connectivity index (χ3v) is 6.79. The van der Waals surface area contributed by atoms with Crippen molar-refractivity contribution in [3.05, 3.63) is 53.5 Å². The molecule has 1 aliphatic heterocycles. The van der Waals surface area contributed by atoms with Crippen LogP contribution < -0.4 is 10.6 Å². The van der Waals surface area contributed by atoms with E-state index < -0.39 is 16.0 Å². The maximum atomic E-state index is 13.2. The number of morpholine rings is 1. The first-order valence-electron chi connectivity index (χ1n) is 10.2. The molecule has 2 aromatic rings. The van der Waals surface area contributed by atoms with Crippen molar-refractivity contribution in [3.63, 3.8) is 0 Å². The van der Waals surface area contributed by atoms with Crippen molar-refractivity contribution in [3.8, 4) is 0 Å². The van der Waals surface area contributed by atoms with Gasteiger partial charge in [0, 0.05) is 32.4 Å². The third kappa shape index (κ3) is 6.46. The Morgan fingerprint density at radius 3 is 2.55 bits per heavy atom. The number of carbonyl (C=O) groups excluding carboxylic acids is 2.